The van der Waals surface area contributed by atoms with E-state index in [2.05, 4.69) is 4.98 Å². The second-order valence-corrected chi connectivity index (χ2v) is 6.34. The first kappa shape index (κ1) is 17.0. The van der Waals surface area contributed by atoms with Gasteiger partial charge in [-0.2, -0.15) is 0 Å². The SMILES string of the molecule is CC(C)C(OC(=O)Cc1ccc(-n2cccc2)cc1)c1ccccn1. The Hall–Kier alpha value is -2.88. The molecule has 0 aliphatic carbocycles. The van der Waals surface area contributed by atoms with Crippen molar-refractivity contribution in [3.05, 3.63) is 84.4 Å². The molecule has 1 aromatic carbocycles. The van der Waals surface area contributed by atoms with E-state index in [0.29, 0.717) is 0 Å². The molecule has 0 radical (unpaired) electrons. The van der Waals surface area contributed by atoms with Crippen LogP contribution in [0.25, 0.3) is 5.69 Å². The molecule has 1 unspecified atom stereocenters. The lowest BCUT2D eigenvalue weighted by molar-refractivity contribution is -0.151. The number of pyridine rings is 1. The van der Waals surface area contributed by atoms with Crippen molar-refractivity contribution in [2.45, 2.75) is 26.4 Å². The molecule has 3 rings (SSSR count). The molecule has 3 aromatic rings. The lowest BCUT2D eigenvalue weighted by Crippen LogP contribution is -2.18. The van der Waals surface area contributed by atoms with Crippen LogP contribution >= 0.6 is 0 Å². The monoisotopic (exact) mass is 334 g/mol. The molecule has 2 heterocycles. The number of carbonyl (C=O) groups excluding carboxylic acids is 1. The van der Waals surface area contributed by atoms with Crippen molar-refractivity contribution >= 4 is 5.97 Å². The summed E-state index contributed by atoms with van der Waals surface area (Å²) in [5, 5.41) is 0. The second kappa shape index (κ2) is 7.79. The molecule has 25 heavy (non-hydrogen) atoms. The van der Waals surface area contributed by atoms with Crippen molar-refractivity contribution in [1.29, 1.82) is 0 Å². The minimum atomic E-state index is -0.326. The number of hydrogen-bond acceptors (Lipinski definition) is 3. The second-order valence-electron chi connectivity index (χ2n) is 6.34. The molecule has 128 valence electrons. The van der Waals surface area contributed by atoms with E-state index in [-0.39, 0.29) is 24.4 Å². The first-order valence-corrected chi connectivity index (χ1v) is 8.46. The van der Waals surface area contributed by atoms with Crippen LogP contribution in [0.3, 0.4) is 0 Å². The summed E-state index contributed by atoms with van der Waals surface area (Å²) < 4.78 is 7.72. The number of nitrogens with zero attached hydrogens (tertiary/aromatic N) is 2. The molecular weight excluding hydrogens is 312 g/mol. The summed E-state index contributed by atoms with van der Waals surface area (Å²) in [6, 6.07) is 17.5. The first-order chi connectivity index (χ1) is 12.1. The Morgan fingerprint density at radius 2 is 1.76 bits per heavy atom. The maximum absolute atomic E-state index is 12.4. The van der Waals surface area contributed by atoms with E-state index in [9.17, 15) is 4.79 Å². The molecule has 4 nitrogen and oxygen atoms in total. The van der Waals surface area contributed by atoms with E-state index in [1.54, 1.807) is 6.20 Å². The van der Waals surface area contributed by atoms with E-state index in [0.717, 1.165) is 16.9 Å². The third kappa shape index (κ3) is 4.35. The van der Waals surface area contributed by atoms with E-state index in [1.807, 2.05) is 85.4 Å². The van der Waals surface area contributed by atoms with Crippen LogP contribution in [-0.4, -0.2) is 15.5 Å². The Morgan fingerprint density at radius 1 is 1.04 bits per heavy atom. The van der Waals surface area contributed by atoms with Crippen LogP contribution in [0.1, 0.15) is 31.2 Å². The van der Waals surface area contributed by atoms with Crippen molar-refractivity contribution in [2.24, 2.45) is 5.92 Å². The number of carbonyl (C=O) groups is 1. The van der Waals surface area contributed by atoms with Crippen LogP contribution in [0.5, 0.6) is 0 Å². The minimum absolute atomic E-state index is 0.162. The average Bonchev–Trinajstić information content (AvgIpc) is 3.15. The zero-order valence-corrected chi connectivity index (χ0v) is 14.5. The largest absolute Gasteiger partial charge is 0.455 e. The summed E-state index contributed by atoms with van der Waals surface area (Å²) >= 11 is 0. The lowest BCUT2D eigenvalue weighted by atomic mass is 10.0. The van der Waals surface area contributed by atoms with Crippen molar-refractivity contribution in [3.8, 4) is 5.69 Å². The zero-order chi connectivity index (χ0) is 17.6. The van der Waals surface area contributed by atoms with Gasteiger partial charge in [0.25, 0.3) is 0 Å². The highest BCUT2D eigenvalue weighted by Gasteiger charge is 2.21. The third-order valence-electron chi connectivity index (χ3n) is 4.03. The summed E-state index contributed by atoms with van der Waals surface area (Å²) in [5.41, 5.74) is 2.79. The molecule has 0 N–H and O–H groups in total. The number of benzene rings is 1. The maximum atomic E-state index is 12.4. The fraction of sp³-hybridized carbons (Fsp3) is 0.238. The highest BCUT2D eigenvalue weighted by molar-refractivity contribution is 5.73. The summed E-state index contributed by atoms with van der Waals surface area (Å²) in [7, 11) is 0. The Kier molecular flexibility index (Phi) is 5.29. The van der Waals surface area contributed by atoms with Crippen LogP contribution in [0.15, 0.2) is 73.2 Å². The first-order valence-electron chi connectivity index (χ1n) is 8.46. The molecule has 4 heteroatoms. The maximum Gasteiger partial charge on any atom is 0.310 e. The summed E-state index contributed by atoms with van der Waals surface area (Å²) in [6.07, 6.45) is 5.63. The van der Waals surface area contributed by atoms with Gasteiger partial charge in [0.05, 0.1) is 12.1 Å². The van der Waals surface area contributed by atoms with Gasteiger partial charge in [-0.25, -0.2) is 0 Å². The number of ether oxygens (including phenoxy) is 1. The van der Waals surface area contributed by atoms with Gasteiger partial charge in [-0.15, -0.1) is 0 Å². The predicted molar refractivity (Wildman–Crippen MR) is 97.4 cm³/mol. The molecule has 0 fully saturated rings. The van der Waals surface area contributed by atoms with E-state index in [1.165, 1.54) is 0 Å². The molecule has 1 atom stereocenters. The quantitative estimate of drug-likeness (QED) is 0.629. The number of esters is 1. The molecule has 0 saturated carbocycles. The summed E-state index contributed by atoms with van der Waals surface area (Å²) in [5.74, 6) is -0.0759. The highest BCUT2D eigenvalue weighted by atomic mass is 16.5. The molecule has 2 aromatic heterocycles. The molecule has 0 aliphatic rings. The predicted octanol–water partition coefficient (Wildman–Crippen LogP) is 4.36. The fourth-order valence-electron chi connectivity index (χ4n) is 2.72. The average molecular weight is 334 g/mol. The number of aromatic nitrogens is 2. The van der Waals surface area contributed by atoms with Gasteiger partial charge in [-0.1, -0.05) is 32.0 Å². The highest BCUT2D eigenvalue weighted by Crippen LogP contribution is 2.24. The third-order valence-corrected chi connectivity index (χ3v) is 4.03. The van der Waals surface area contributed by atoms with Crippen LogP contribution in [0.4, 0.5) is 0 Å². The zero-order valence-electron chi connectivity index (χ0n) is 14.5. The van der Waals surface area contributed by atoms with Crippen molar-refractivity contribution < 1.29 is 9.53 Å². The van der Waals surface area contributed by atoms with Gasteiger partial charge < -0.3 is 9.30 Å². The Balaban J connectivity index is 1.65. The van der Waals surface area contributed by atoms with Crippen LogP contribution in [0, 0.1) is 5.92 Å². The van der Waals surface area contributed by atoms with Crippen LogP contribution in [-0.2, 0) is 16.0 Å². The smallest absolute Gasteiger partial charge is 0.310 e. The number of hydrogen-bond donors (Lipinski definition) is 0. The van der Waals surface area contributed by atoms with Gasteiger partial charge in [-0.3, -0.25) is 9.78 Å². The van der Waals surface area contributed by atoms with Crippen molar-refractivity contribution in [1.82, 2.24) is 9.55 Å². The van der Waals surface area contributed by atoms with Gasteiger partial charge in [0.1, 0.15) is 6.10 Å². The van der Waals surface area contributed by atoms with E-state index in [4.69, 9.17) is 4.74 Å². The molecular formula is C21H22N2O2. The molecule has 0 saturated heterocycles. The molecule has 0 amide bonds. The molecule has 0 bridgehead atoms. The van der Waals surface area contributed by atoms with Gasteiger partial charge in [-0.05, 0) is 47.9 Å². The Morgan fingerprint density at radius 3 is 2.36 bits per heavy atom. The standard InChI is InChI=1S/C21H22N2O2/c1-16(2)21(19-7-3-4-12-22-19)25-20(24)15-17-8-10-18(11-9-17)23-13-5-6-14-23/h3-14,16,21H,15H2,1-2H3. The van der Waals surface area contributed by atoms with Gasteiger partial charge in [0, 0.05) is 24.3 Å². The van der Waals surface area contributed by atoms with Crippen LogP contribution < -0.4 is 0 Å². The van der Waals surface area contributed by atoms with Gasteiger partial charge in [0.2, 0.25) is 0 Å². The molecule has 0 aliphatic heterocycles. The van der Waals surface area contributed by atoms with Crippen molar-refractivity contribution in [3.63, 3.8) is 0 Å². The summed E-state index contributed by atoms with van der Waals surface area (Å²) in [6.45, 7) is 4.05. The number of rotatable bonds is 6. The van der Waals surface area contributed by atoms with Gasteiger partial charge >= 0.3 is 5.97 Å². The Labute approximate surface area is 148 Å². The minimum Gasteiger partial charge on any atom is -0.455 e. The normalized spacial score (nSPS) is 12.1. The topological polar surface area (TPSA) is 44.1 Å². The lowest BCUT2D eigenvalue weighted by Gasteiger charge is -2.21. The van der Waals surface area contributed by atoms with E-state index < -0.39 is 0 Å². The summed E-state index contributed by atoms with van der Waals surface area (Å²) in [4.78, 5) is 16.7. The molecule has 0 spiro atoms. The van der Waals surface area contributed by atoms with Gasteiger partial charge in [0.15, 0.2) is 0 Å². The Bertz CT molecular complexity index is 794. The van der Waals surface area contributed by atoms with E-state index >= 15 is 0 Å². The van der Waals surface area contributed by atoms with Crippen molar-refractivity contribution in [2.75, 3.05) is 0 Å². The fourth-order valence-corrected chi connectivity index (χ4v) is 2.72. The van der Waals surface area contributed by atoms with Crippen LogP contribution in [0.2, 0.25) is 0 Å².